The van der Waals surface area contributed by atoms with Gasteiger partial charge >= 0.3 is 5.97 Å². The van der Waals surface area contributed by atoms with Gasteiger partial charge in [-0.2, -0.15) is 0 Å². The highest BCUT2D eigenvalue weighted by molar-refractivity contribution is 5.73. The van der Waals surface area contributed by atoms with Gasteiger partial charge in [0.2, 0.25) is 11.5 Å². The standard InChI is InChI=1S/C21H36O4/c1-4-6-7-8-9-10-11-12-13-14-15-16-19(22)25-21-18(5-2)24-17(3)20(21)23/h23H,4-16H2,1-3H3. The molecule has 1 aromatic rings. The average molecular weight is 353 g/mol. The van der Waals surface area contributed by atoms with Gasteiger partial charge < -0.3 is 14.3 Å². The molecule has 1 heterocycles. The lowest BCUT2D eigenvalue weighted by Crippen LogP contribution is -2.08. The van der Waals surface area contributed by atoms with Gasteiger partial charge in [0.05, 0.1) is 0 Å². The highest BCUT2D eigenvalue weighted by Gasteiger charge is 2.20. The van der Waals surface area contributed by atoms with Gasteiger partial charge in [-0.1, -0.05) is 78.1 Å². The van der Waals surface area contributed by atoms with Gasteiger partial charge in [-0.05, 0) is 13.3 Å². The summed E-state index contributed by atoms with van der Waals surface area (Å²) in [5, 5.41) is 9.89. The van der Waals surface area contributed by atoms with Crippen LogP contribution in [0.4, 0.5) is 0 Å². The van der Waals surface area contributed by atoms with Crippen LogP contribution in [0.1, 0.15) is 102 Å². The Morgan fingerprint density at radius 1 is 0.920 bits per heavy atom. The molecular weight excluding hydrogens is 316 g/mol. The predicted molar refractivity (Wildman–Crippen MR) is 101 cm³/mol. The number of hydrogen-bond acceptors (Lipinski definition) is 4. The Kier molecular flexibility index (Phi) is 11.1. The van der Waals surface area contributed by atoms with E-state index in [9.17, 15) is 9.90 Å². The second kappa shape index (κ2) is 12.8. The Bertz CT molecular complexity index is 490. The van der Waals surface area contributed by atoms with Crippen LogP contribution in [0.5, 0.6) is 11.5 Å². The van der Waals surface area contributed by atoms with Gasteiger partial charge in [-0.25, -0.2) is 0 Å². The Labute approximate surface area is 152 Å². The molecule has 1 rings (SSSR count). The van der Waals surface area contributed by atoms with Crippen molar-refractivity contribution in [3.8, 4) is 11.5 Å². The minimum atomic E-state index is -0.290. The van der Waals surface area contributed by atoms with Gasteiger partial charge in [0, 0.05) is 12.8 Å². The molecule has 4 nitrogen and oxygen atoms in total. The number of esters is 1. The van der Waals surface area contributed by atoms with Crippen molar-refractivity contribution in [2.45, 2.75) is 104 Å². The molecule has 0 amide bonds. The van der Waals surface area contributed by atoms with E-state index in [2.05, 4.69) is 6.92 Å². The van der Waals surface area contributed by atoms with Gasteiger partial charge in [0.25, 0.3) is 0 Å². The van der Waals surface area contributed by atoms with Crippen molar-refractivity contribution in [2.75, 3.05) is 0 Å². The van der Waals surface area contributed by atoms with Crippen molar-refractivity contribution in [2.24, 2.45) is 0 Å². The molecule has 0 aromatic carbocycles. The van der Waals surface area contributed by atoms with Gasteiger partial charge in [0.1, 0.15) is 5.76 Å². The average Bonchev–Trinajstić information content (AvgIpc) is 2.87. The summed E-state index contributed by atoms with van der Waals surface area (Å²) in [6, 6.07) is 0. The molecule has 0 saturated heterocycles. The molecule has 0 aliphatic rings. The normalized spacial score (nSPS) is 11.0. The van der Waals surface area contributed by atoms with Crippen LogP contribution >= 0.6 is 0 Å². The number of rotatable bonds is 14. The first kappa shape index (κ1) is 21.6. The molecule has 0 unspecified atom stereocenters. The number of ether oxygens (including phenoxy) is 1. The molecule has 0 atom stereocenters. The number of hydrogen-bond donors (Lipinski definition) is 1. The molecule has 25 heavy (non-hydrogen) atoms. The number of aryl methyl sites for hydroxylation is 2. The number of furan rings is 1. The van der Waals surface area contributed by atoms with E-state index in [4.69, 9.17) is 9.15 Å². The van der Waals surface area contributed by atoms with Crippen LogP contribution < -0.4 is 4.74 Å². The molecule has 0 bridgehead atoms. The van der Waals surface area contributed by atoms with Crippen LogP contribution in [0.25, 0.3) is 0 Å². The van der Waals surface area contributed by atoms with Gasteiger partial charge in [-0.15, -0.1) is 0 Å². The maximum absolute atomic E-state index is 11.9. The number of unbranched alkanes of at least 4 members (excludes halogenated alkanes) is 10. The molecule has 0 aliphatic heterocycles. The Morgan fingerprint density at radius 2 is 1.44 bits per heavy atom. The smallest absolute Gasteiger partial charge is 0.311 e. The van der Waals surface area contributed by atoms with Crippen LogP contribution in [0.3, 0.4) is 0 Å². The van der Waals surface area contributed by atoms with Crippen molar-refractivity contribution in [1.29, 1.82) is 0 Å². The zero-order valence-electron chi connectivity index (χ0n) is 16.4. The van der Waals surface area contributed by atoms with E-state index in [1.165, 1.54) is 57.8 Å². The van der Waals surface area contributed by atoms with Gasteiger partial charge in [0.15, 0.2) is 5.76 Å². The predicted octanol–water partition coefficient (Wildman–Crippen LogP) is 6.46. The maximum Gasteiger partial charge on any atom is 0.311 e. The molecular formula is C21H36O4. The van der Waals surface area contributed by atoms with Crippen LogP contribution in [-0.4, -0.2) is 11.1 Å². The minimum Gasteiger partial charge on any atom is -0.502 e. The molecule has 0 saturated carbocycles. The van der Waals surface area contributed by atoms with E-state index in [0.29, 0.717) is 24.4 Å². The summed E-state index contributed by atoms with van der Waals surface area (Å²) < 4.78 is 10.7. The third kappa shape index (κ3) is 8.46. The van der Waals surface area contributed by atoms with E-state index in [0.717, 1.165) is 12.8 Å². The van der Waals surface area contributed by atoms with E-state index in [-0.39, 0.29) is 17.5 Å². The lowest BCUT2D eigenvalue weighted by atomic mass is 10.1. The fraction of sp³-hybridized carbons (Fsp3) is 0.762. The van der Waals surface area contributed by atoms with Crippen molar-refractivity contribution >= 4 is 5.97 Å². The quantitative estimate of drug-likeness (QED) is 0.308. The van der Waals surface area contributed by atoms with Crippen molar-refractivity contribution < 1.29 is 19.1 Å². The number of aromatic hydroxyl groups is 1. The Morgan fingerprint density at radius 3 is 1.96 bits per heavy atom. The van der Waals surface area contributed by atoms with Crippen LogP contribution in [0, 0.1) is 6.92 Å². The molecule has 0 fully saturated rings. The lowest BCUT2D eigenvalue weighted by Gasteiger charge is -2.05. The van der Waals surface area contributed by atoms with Crippen molar-refractivity contribution in [1.82, 2.24) is 0 Å². The summed E-state index contributed by atoms with van der Waals surface area (Å²) in [5.74, 6) is 0.788. The molecule has 144 valence electrons. The summed E-state index contributed by atoms with van der Waals surface area (Å²) in [6.07, 6.45) is 14.7. The molecule has 0 radical (unpaired) electrons. The number of carbonyl (C=O) groups excluding carboxylic acids is 1. The molecule has 1 aromatic heterocycles. The second-order valence-corrected chi connectivity index (χ2v) is 6.87. The summed E-state index contributed by atoms with van der Waals surface area (Å²) in [4.78, 5) is 11.9. The molecule has 1 N–H and O–H groups in total. The van der Waals surface area contributed by atoms with Crippen LogP contribution in [-0.2, 0) is 11.2 Å². The first-order chi connectivity index (χ1) is 12.1. The molecule has 0 aliphatic carbocycles. The first-order valence-electron chi connectivity index (χ1n) is 10.1. The van der Waals surface area contributed by atoms with Crippen molar-refractivity contribution in [3.63, 3.8) is 0 Å². The third-order valence-corrected chi connectivity index (χ3v) is 4.60. The second-order valence-electron chi connectivity index (χ2n) is 6.87. The summed E-state index contributed by atoms with van der Waals surface area (Å²) >= 11 is 0. The topological polar surface area (TPSA) is 59.7 Å². The van der Waals surface area contributed by atoms with Crippen molar-refractivity contribution in [3.05, 3.63) is 11.5 Å². The van der Waals surface area contributed by atoms with Crippen LogP contribution in [0.2, 0.25) is 0 Å². The zero-order chi connectivity index (χ0) is 18.5. The Balaban J connectivity index is 2.06. The maximum atomic E-state index is 11.9. The zero-order valence-corrected chi connectivity index (χ0v) is 16.4. The van der Waals surface area contributed by atoms with E-state index < -0.39 is 0 Å². The Hall–Kier alpha value is -1.45. The van der Waals surface area contributed by atoms with E-state index >= 15 is 0 Å². The summed E-state index contributed by atoms with van der Waals surface area (Å²) in [5.41, 5.74) is 0. The lowest BCUT2D eigenvalue weighted by molar-refractivity contribution is -0.134. The summed E-state index contributed by atoms with van der Waals surface area (Å²) in [7, 11) is 0. The first-order valence-corrected chi connectivity index (χ1v) is 10.1. The molecule has 0 spiro atoms. The van der Waals surface area contributed by atoms with Crippen LogP contribution in [0.15, 0.2) is 4.42 Å². The largest absolute Gasteiger partial charge is 0.502 e. The van der Waals surface area contributed by atoms with E-state index in [1.54, 1.807) is 6.92 Å². The number of carbonyl (C=O) groups is 1. The van der Waals surface area contributed by atoms with Gasteiger partial charge in [-0.3, -0.25) is 4.79 Å². The third-order valence-electron chi connectivity index (χ3n) is 4.60. The summed E-state index contributed by atoms with van der Waals surface area (Å²) in [6.45, 7) is 5.81. The minimum absolute atomic E-state index is 0.0517. The SMILES string of the molecule is CCCCCCCCCCCCCC(=O)Oc1c(CC)oc(C)c1O. The highest BCUT2D eigenvalue weighted by atomic mass is 16.6. The monoisotopic (exact) mass is 352 g/mol. The fourth-order valence-corrected chi connectivity index (χ4v) is 3.01. The van der Waals surface area contributed by atoms with E-state index in [1.807, 2.05) is 6.92 Å². The fourth-order valence-electron chi connectivity index (χ4n) is 3.01. The highest BCUT2D eigenvalue weighted by Crippen LogP contribution is 2.37. The molecule has 4 heteroatoms.